The average Bonchev–Trinajstić information content (AvgIpc) is 3.19. The van der Waals surface area contributed by atoms with Gasteiger partial charge >= 0.3 is 0 Å². The van der Waals surface area contributed by atoms with Gasteiger partial charge in [0.1, 0.15) is 18.5 Å². The number of hydrogen-bond acceptors (Lipinski definition) is 6. The number of hydrogen-bond donors (Lipinski definition) is 1. The van der Waals surface area contributed by atoms with E-state index in [0.717, 1.165) is 53.2 Å². The van der Waals surface area contributed by atoms with E-state index in [1.54, 1.807) is 6.92 Å². The highest BCUT2D eigenvalue weighted by Crippen LogP contribution is 2.37. The molecule has 2 unspecified atom stereocenters. The molecule has 1 amide bonds. The third-order valence-electron chi connectivity index (χ3n) is 6.03. The van der Waals surface area contributed by atoms with Crippen LogP contribution in [-0.4, -0.2) is 61.4 Å². The van der Waals surface area contributed by atoms with Crippen LogP contribution in [0.5, 0.6) is 5.75 Å². The molecule has 0 spiro atoms. The Balaban J connectivity index is 1.31. The maximum absolute atomic E-state index is 11.5. The van der Waals surface area contributed by atoms with Crippen LogP contribution in [0.25, 0.3) is 0 Å². The van der Waals surface area contributed by atoms with Gasteiger partial charge in [0.05, 0.1) is 13.2 Å². The summed E-state index contributed by atoms with van der Waals surface area (Å²) in [7, 11) is 0. The highest BCUT2D eigenvalue weighted by molar-refractivity contribution is 9.10. The van der Waals surface area contributed by atoms with Gasteiger partial charge in [0.2, 0.25) is 5.91 Å². The van der Waals surface area contributed by atoms with Crippen molar-refractivity contribution >= 4 is 27.5 Å². The summed E-state index contributed by atoms with van der Waals surface area (Å²) in [5.74, 6) is -0.0121. The van der Waals surface area contributed by atoms with Gasteiger partial charge in [0.25, 0.3) is 0 Å². The summed E-state index contributed by atoms with van der Waals surface area (Å²) >= 11 is 3.43. The molecule has 0 aliphatic carbocycles. The van der Waals surface area contributed by atoms with Crippen molar-refractivity contribution in [2.24, 2.45) is 0 Å². The summed E-state index contributed by atoms with van der Waals surface area (Å²) in [6.45, 7) is 7.35. The zero-order valence-corrected chi connectivity index (χ0v) is 20.0. The molecule has 1 N–H and O–H groups in total. The van der Waals surface area contributed by atoms with Crippen molar-refractivity contribution in [3.63, 3.8) is 0 Å². The van der Waals surface area contributed by atoms with Gasteiger partial charge in [-0.25, -0.2) is 0 Å². The van der Waals surface area contributed by atoms with E-state index in [4.69, 9.17) is 14.2 Å². The lowest BCUT2D eigenvalue weighted by molar-refractivity contribution is -0.165. The first-order chi connectivity index (χ1) is 15.4. The number of ether oxygens (including phenoxy) is 3. The minimum atomic E-state index is -0.918. The molecule has 0 radical (unpaired) electrons. The van der Waals surface area contributed by atoms with Crippen LogP contribution in [0, 0.1) is 0 Å². The molecule has 2 heterocycles. The highest BCUT2D eigenvalue weighted by atomic mass is 79.9. The molecule has 2 saturated heterocycles. The van der Waals surface area contributed by atoms with E-state index in [-0.39, 0.29) is 18.6 Å². The maximum atomic E-state index is 11.5. The molecule has 4 rings (SSSR count). The first kappa shape index (κ1) is 23.0. The van der Waals surface area contributed by atoms with Crippen molar-refractivity contribution in [2.75, 3.05) is 44.3 Å². The number of aliphatic hydroxyl groups is 1. The van der Waals surface area contributed by atoms with E-state index >= 15 is 0 Å². The lowest BCUT2D eigenvalue weighted by Gasteiger charge is -2.35. The third-order valence-corrected chi connectivity index (χ3v) is 6.52. The number of carbonyl (C=O) groups excluding carboxylic acids is 1. The van der Waals surface area contributed by atoms with E-state index in [1.165, 1.54) is 0 Å². The van der Waals surface area contributed by atoms with Crippen LogP contribution < -0.4 is 9.64 Å². The Bertz CT molecular complexity index is 946. The minimum absolute atomic E-state index is 0.0889. The molecular weight excluding hydrogens is 476 g/mol. The van der Waals surface area contributed by atoms with E-state index in [9.17, 15) is 9.90 Å². The Morgan fingerprint density at radius 1 is 1.19 bits per heavy atom. The molecule has 32 heavy (non-hydrogen) atoms. The monoisotopic (exact) mass is 504 g/mol. The van der Waals surface area contributed by atoms with Gasteiger partial charge in [-0.15, -0.1) is 0 Å². The summed E-state index contributed by atoms with van der Waals surface area (Å²) in [5.41, 5.74) is 2.71. The first-order valence-corrected chi connectivity index (χ1v) is 11.6. The molecule has 2 aliphatic rings. The van der Waals surface area contributed by atoms with Crippen LogP contribution in [0.3, 0.4) is 0 Å². The summed E-state index contributed by atoms with van der Waals surface area (Å²) in [6, 6.07) is 13.7. The Morgan fingerprint density at radius 3 is 2.56 bits per heavy atom. The number of benzene rings is 2. The van der Waals surface area contributed by atoms with Crippen LogP contribution >= 0.6 is 15.9 Å². The molecule has 172 valence electrons. The molecule has 2 fully saturated rings. The molecule has 0 saturated carbocycles. The van der Waals surface area contributed by atoms with Crippen molar-refractivity contribution in [3.05, 3.63) is 58.1 Å². The van der Waals surface area contributed by atoms with Crippen LogP contribution in [0.2, 0.25) is 0 Å². The minimum Gasteiger partial charge on any atom is -0.491 e. The zero-order chi connectivity index (χ0) is 22.7. The van der Waals surface area contributed by atoms with Gasteiger partial charge in [-0.1, -0.05) is 22.0 Å². The van der Waals surface area contributed by atoms with Crippen molar-refractivity contribution in [1.29, 1.82) is 0 Å². The smallest absolute Gasteiger partial charge is 0.219 e. The van der Waals surface area contributed by atoms with E-state index in [1.807, 2.05) is 54.3 Å². The number of rotatable bonds is 6. The lowest BCUT2D eigenvalue weighted by atomic mass is 10.0. The summed E-state index contributed by atoms with van der Waals surface area (Å²) in [4.78, 5) is 15.6. The van der Waals surface area contributed by atoms with Crippen LogP contribution in [0.15, 0.2) is 46.9 Å². The van der Waals surface area contributed by atoms with Gasteiger partial charge < -0.3 is 29.1 Å². The SMILES string of the molecule is CC(=O)N1CCN(c2ccc(OCC3COC(C)(c4ccc(Br)cc4CO)O3)cc2)CC1. The van der Waals surface area contributed by atoms with Crippen LogP contribution in [0.1, 0.15) is 25.0 Å². The summed E-state index contributed by atoms with van der Waals surface area (Å²) < 4.78 is 19.0. The Labute approximate surface area is 197 Å². The van der Waals surface area contributed by atoms with Crippen molar-refractivity contribution in [1.82, 2.24) is 4.90 Å². The maximum Gasteiger partial charge on any atom is 0.219 e. The second-order valence-corrected chi connectivity index (χ2v) is 9.17. The largest absolute Gasteiger partial charge is 0.491 e. The normalized spacial score (nSPS) is 23.4. The highest BCUT2D eigenvalue weighted by Gasteiger charge is 2.40. The zero-order valence-electron chi connectivity index (χ0n) is 18.4. The van der Waals surface area contributed by atoms with Crippen molar-refractivity contribution < 1.29 is 24.1 Å². The standard InChI is InChI=1S/C24H29BrN2O5/c1-17(29)26-9-11-27(12-10-26)20-4-6-21(7-5-20)30-15-22-16-31-24(2,32-22)23-8-3-19(25)13-18(23)14-28/h3-8,13,22,28H,9-12,14-16H2,1-2H3. The molecule has 7 nitrogen and oxygen atoms in total. The van der Waals surface area contributed by atoms with E-state index in [2.05, 4.69) is 20.8 Å². The predicted molar refractivity (Wildman–Crippen MR) is 125 cm³/mol. The molecule has 8 heteroatoms. The van der Waals surface area contributed by atoms with Gasteiger partial charge in [0, 0.05) is 48.8 Å². The fraction of sp³-hybridized carbons (Fsp3) is 0.458. The fourth-order valence-corrected chi connectivity index (χ4v) is 4.63. The van der Waals surface area contributed by atoms with E-state index < -0.39 is 5.79 Å². The van der Waals surface area contributed by atoms with Gasteiger partial charge in [-0.2, -0.15) is 0 Å². The van der Waals surface area contributed by atoms with E-state index in [0.29, 0.717) is 13.2 Å². The number of piperazine rings is 1. The summed E-state index contributed by atoms with van der Waals surface area (Å²) in [6.07, 6.45) is -0.213. The number of amides is 1. The number of halogens is 1. The number of nitrogens with zero attached hydrogens (tertiary/aromatic N) is 2. The average molecular weight is 505 g/mol. The topological polar surface area (TPSA) is 71.5 Å². The molecule has 2 aliphatic heterocycles. The molecule has 2 aromatic carbocycles. The van der Waals surface area contributed by atoms with Crippen LogP contribution in [0.4, 0.5) is 5.69 Å². The fourth-order valence-electron chi connectivity index (χ4n) is 4.22. The Kier molecular flexibility index (Phi) is 7.05. The first-order valence-electron chi connectivity index (χ1n) is 10.8. The molecule has 0 bridgehead atoms. The molecule has 0 aromatic heterocycles. The Morgan fingerprint density at radius 2 is 1.91 bits per heavy atom. The number of aliphatic hydroxyl groups excluding tert-OH is 1. The van der Waals surface area contributed by atoms with Gasteiger partial charge in [0.15, 0.2) is 5.79 Å². The number of carbonyl (C=O) groups is 1. The summed E-state index contributed by atoms with van der Waals surface area (Å²) in [5, 5.41) is 9.71. The lowest BCUT2D eigenvalue weighted by Crippen LogP contribution is -2.48. The molecule has 2 aromatic rings. The van der Waals surface area contributed by atoms with Crippen molar-refractivity contribution in [3.8, 4) is 5.75 Å². The molecule has 2 atom stereocenters. The predicted octanol–water partition coefficient (Wildman–Crippen LogP) is 3.28. The number of anilines is 1. The quantitative estimate of drug-likeness (QED) is 0.650. The second kappa shape index (κ2) is 9.79. The second-order valence-electron chi connectivity index (χ2n) is 8.25. The van der Waals surface area contributed by atoms with Crippen LogP contribution in [-0.2, 0) is 26.7 Å². The molecular formula is C24H29BrN2O5. The van der Waals surface area contributed by atoms with Crippen molar-refractivity contribution in [2.45, 2.75) is 32.3 Å². The van der Waals surface area contributed by atoms with Gasteiger partial charge in [-0.05, 0) is 48.9 Å². The van der Waals surface area contributed by atoms with Gasteiger partial charge in [-0.3, -0.25) is 4.79 Å². The Hall–Kier alpha value is -2.13. The third kappa shape index (κ3) is 5.09.